The van der Waals surface area contributed by atoms with Gasteiger partial charge in [-0.15, -0.1) is 0 Å². The summed E-state index contributed by atoms with van der Waals surface area (Å²) in [7, 11) is 0. The number of likely N-dealkylation sites (tertiary alicyclic amines) is 1. The lowest BCUT2D eigenvalue weighted by Crippen LogP contribution is -2.30. The molecule has 2 aliphatic heterocycles. The van der Waals surface area contributed by atoms with Gasteiger partial charge in [0.2, 0.25) is 17.7 Å². The molecular weight excluding hydrogens is 432 g/mol. The maximum absolute atomic E-state index is 12.9. The molecule has 3 aliphatic rings. The summed E-state index contributed by atoms with van der Waals surface area (Å²) in [5.41, 5.74) is 2.63. The molecule has 1 aliphatic carbocycles. The number of hydrogen-bond acceptors (Lipinski definition) is 5. The third-order valence-corrected chi connectivity index (χ3v) is 6.90. The van der Waals surface area contributed by atoms with Crippen LogP contribution < -0.4 is 9.64 Å². The highest BCUT2D eigenvalue weighted by Crippen LogP contribution is 2.40. The highest BCUT2D eigenvalue weighted by Gasteiger charge is 2.48. The standard InChI is InChI=1S/C27H26N2O5/c1-17-7-12-22-23(13-17)26(32)29(25(22)31)20-8-10-21(11-9-20)34-27(33)19-14-24(30)28(16-19)15-18-5-3-2-4-6-18/h2-11,19,22-23H,12-16H2,1H3/t19-,22+,23+/m1/s1. The van der Waals surface area contributed by atoms with Crippen LogP contribution in [0.4, 0.5) is 5.69 Å². The number of fused-ring (bicyclic) bond motifs is 1. The summed E-state index contributed by atoms with van der Waals surface area (Å²) < 4.78 is 5.51. The van der Waals surface area contributed by atoms with Gasteiger partial charge in [-0.25, -0.2) is 0 Å². The van der Waals surface area contributed by atoms with E-state index in [4.69, 9.17) is 4.74 Å². The zero-order chi connectivity index (χ0) is 23.8. The van der Waals surface area contributed by atoms with Crippen LogP contribution in [-0.4, -0.2) is 35.1 Å². The molecule has 0 radical (unpaired) electrons. The Morgan fingerprint density at radius 3 is 2.38 bits per heavy atom. The van der Waals surface area contributed by atoms with Gasteiger partial charge < -0.3 is 9.64 Å². The number of carbonyl (C=O) groups is 4. The van der Waals surface area contributed by atoms with Gasteiger partial charge in [-0.3, -0.25) is 24.1 Å². The summed E-state index contributed by atoms with van der Waals surface area (Å²) in [6.07, 6.45) is 3.36. The van der Waals surface area contributed by atoms with Crippen molar-refractivity contribution in [3.05, 3.63) is 71.8 Å². The Labute approximate surface area is 198 Å². The molecule has 2 aromatic rings. The first kappa shape index (κ1) is 22.1. The van der Waals surface area contributed by atoms with Crippen LogP contribution in [0.15, 0.2) is 66.2 Å². The zero-order valence-corrected chi connectivity index (χ0v) is 19.0. The van der Waals surface area contributed by atoms with E-state index in [1.165, 1.54) is 4.90 Å². The fraction of sp³-hybridized carbons (Fsp3) is 0.333. The maximum atomic E-state index is 12.9. The van der Waals surface area contributed by atoms with Crippen molar-refractivity contribution in [2.45, 2.75) is 32.7 Å². The van der Waals surface area contributed by atoms with Crippen molar-refractivity contribution in [1.29, 1.82) is 0 Å². The van der Waals surface area contributed by atoms with Gasteiger partial charge in [0.25, 0.3) is 0 Å². The smallest absolute Gasteiger partial charge is 0.316 e. The second-order valence-corrected chi connectivity index (χ2v) is 9.29. The molecule has 0 aromatic heterocycles. The lowest BCUT2D eigenvalue weighted by atomic mass is 9.82. The minimum Gasteiger partial charge on any atom is -0.426 e. The summed E-state index contributed by atoms with van der Waals surface area (Å²) in [4.78, 5) is 53.7. The van der Waals surface area contributed by atoms with Crippen molar-refractivity contribution in [3.8, 4) is 5.75 Å². The number of ether oxygens (including phenoxy) is 1. The van der Waals surface area contributed by atoms with E-state index in [2.05, 4.69) is 0 Å². The lowest BCUT2D eigenvalue weighted by molar-refractivity contribution is -0.139. The van der Waals surface area contributed by atoms with Crippen LogP contribution >= 0.6 is 0 Å². The molecule has 3 atom stereocenters. The second kappa shape index (κ2) is 8.89. The van der Waals surface area contributed by atoms with Gasteiger partial charge in [0.1, 0.15) is 5.75 Å². The normalized spacial score (nSPS) is 24.3. The molecule has 2 aromatic carbocycles. The summed E-state index contributed by atoms with van der Waals surface area (Å²) in [6.45, 7) is 2.77. The topological polar surface area (TPSA) is 84.0 Å². The molecule has 7 heteroatoms. The van der Waals surface area contributed by atoms with Gasteiger partial charge >= 0.3 is 5.97 Å². The summed E-state index contributed by atoms with van der Waals surface area (Å²) in [5.74, 6) is -1.69. The Bertz CT molecular complexity index is 1170. The number of benzene rings is 2. The lowest BCUT2D eigenvalue weighted by Gasteiger charge is -2.18. The van der Waals surface area contributed by atoms with Gasteiger partial charge in [0, 0.05) is 19.5 Å². The number of hydrogen-bond donors (Lipinski definition) is 0. The van der Waals surface area contributed by atoms with Gasteiger partial charge in [-0.1, -0.05) is 42.0 Å². The van der Waals surface area contributed by atoms with Crippen molar-refractivity contribution in [2.75, 3.05) is 11.4 Å². The SMILES string of the molecule is CC1=CC[C@@H]2C(=O)N(c3ccc(OC(=O)[C@@H]4CC(=O)N(Cc5ccccc5)C4)cc3)C(=O)[C@H]2C1. The molecule has 0 bridgehead atoms. The van der Waals surface area contributed by atoms with Crippen LogP contribution in [0.2, 0.25) is 0 Å². The summed E-state index contributed by atoms with van der Waals surface area (Å²) in [6, 6.07) is 16.1. The zero-order valence-electron chi connectivity index (χ0n) is 19.0. The summed E-state index contributed by atoms with van der Waals surface area (Å²) >= 11 is 0. The van der Waals surface area contributed by atoms with Gasteiger partial charge in [0.05, 0.1) is 23.4 Å². The first-order valence-corrected chi connectivity index (χ1v) is 11.6. The fourth-order valence-corrected chi connectivity index (χ4v) is 5.04. The van der Waals surface area contributed by atoms with Gasteiger partial charge in [-0.05, 0) is 49.6 Å². The van der Waals surface area contributed by atoms with E-state index in [9.17, 15) is 19.2 Å². The molecule has 2 saturated heterocycles. The van der Waals surface area contributed by atoms with Crippen molar-refractivity contribution in [3.63, 3.8) is 0 Å². The van der Waals surface area contributed by atoms with Crippen LogP contribution in [-0.2, 0) is 25.7 Å². The Kier molecular flexibility index (Phi) is 5.77. The van der Waals surface area contributed by atoms with Crippen LogP contribution in [0.5, 0.6) is 5.75 Å². The molecule has 0 unspecified atom stereocenters. The molecule has 7 nitrogen and oxygen atoms in total. The fourth-order valence-electron chi connectivity index (χ4n) is 5.04. The predicted molar refractivity (Wildman–Crippen MR) is 125 cm³/mol. The van der Waals surface area contributed by atoms with E-state index in [0.717, 1.165) is 11.1 Å². The number of nitrogens with zero attached hydrogens (tertiary/aromatic N) is 2. The van der Waals surface area contributed by atoms with Crippen LogP contribution in [0.3, 0.4) is 0 Å². The molecule has 0 spiro atoms. The van der Waals surface area contributed by atoms with Crippen LogP contribution in [0, 0.1) is 17.8 Å². The molecule has 3 amide bonds. The summed E-state index contributed by atoms with van der Waals surface area (Å²) in [5, 5.41) is 0. The van der Waals surface area contributed by atoms with E-state index in [-0.39, 0.29) is 36.0 Å². The van der Waals surface area contributed by atoms with E-state index in [1.807, 2.05) is 43.3 Å². The Morgan fingerprint density at radius 2 is 1.65 bits per heavy atom. The van der Waals surface area contributed by atoms with Crippen molar-refractivity contribution < 1.29 is 23.9 Å². The first-order valence-electron chi connectivity index (χ1n) is 11.6. The maximum Gasteiger partial charge on any atom is 0.316 e. The number of anilines is 1. The second-order valence-electron chi connectivity index (χ2n) is 9.29. The molecule has 0 saturated carbocycles. The third-order valence-electron chi connectivity index (χ3n) is 6.90. The van der Waals surface area contributed by atoms with E-state index in [0.29, 0.717) is 37.4 Å². The molecule has 34 heavy (non-hydrogen) atoms. The van der Waals surface area contributed by atoms with E-state index >= 15 is 0 Å². The molecule has 5 rings (SSSR count). The van der Waals surface area contributed by atoms with Gasteiger partial charge in [-0.2, -0.15) is 0 Å². The molecule has 0 N–H and O–H groups in total. The highest BCUT2D eigenvalue weighted by atomic mass is 16.5. The number of allylic oxidation sites excluding steroid dienone is 2. The first-order chi connectivity index (χ1) is 16.4. The number of esters is 1. The highest BCUT2D eigenvalue weighted by molar-refractivity contribution is 6.22. The van der Waals surface area contributed by atoms with Crippen LogP contribution in [0.1, 0.15) is 31.7 Å². The van der Waals surface area contributed by atoms with Crippen molar-refractivity contribution in [1.82, 2.24) is 4.90 Å². The third kappa shape index (κ3) is 4.14. The van der Waals surface area contributed by atoms with Crippen LogP contribution in [0.25, 0.3) is 0 Å². The molecule has 2 heterocycles. The Balaban J connectivity index is 1.21. The quantitative estimate of drug-likeness (QED) is 0.296. The van der Waals surface area contributed by atoms with Crippen molar-refractivity contribution >= 4 is 29.4 Å². The number of amides is 3. The average molecular weight is 459 g/mol. The number of carbonyl (C=O) groups excluding carboxylic acids is 4. The van der Waals surface area contributed by atoms with Gasteiger partial charge in [0.15, 0.2) is 0 Å². The number of rotatable bonds is 5. The van der Waals surface area contributed by atoms with Crippen molar-refractivity contribution in [2.24, 2.45) is 17.8 Å². The molecular formula is C27H26N2O5. The largest absolute Gasteiger partial charge is 0.426 e. The van der Waals surface area contributed by atoms with E-state index < -0.39 is 11.9 Å². The minimum atomic E-state index is -0.531. The molecule has 2 fully saturated rings. The average Bonchev–Trinajstić information content (AvgIpc) is 3.32. The Morgan fingerprint density at radius 1 is 0.941 bits per heavy atom. The molecule has 174 valence electrons. The predicted octanol–water partition coefficient (Wildman–Crippen LogP) is 3.49. The van der Waals surface area contributed by atoms with E-state index in [1.54, 1.807) is 29.2 Å². The minimum absolute atomic E-state index is 0.0709. The Hall–Kier alpha value is -3.74. The monoisotopic (exact) mass is 458 g/mol. The number of imide groups is 1.